The third-order valence-electron chi connectivity index (χ3n) is 5.26. The molecule has 0 unspecified atom stereocenters. The minimum atomic E-state index is -0.471. The number of piperazine rings is 1. The number of hydrogen-bond acceptors (Lipinski definition) is 7. The number of carbonyl (C=O) groups is 1. The van der Waals surface area contributed by atoms with Crippen LogP contribution in [0.2, 0.25) is 10.3 Å². The van der Waals surface area contributed by atoms with Gasteiger partial charge in [0.1, 0.15) is 15.9 Å². The molecule has 8 nitrogen and oxygen atoms in total. The van der Waals surface area contributed by atoms with Crippen LogP contribution in [0.25, 0.3) is 22.1 Å². The summed E-state index contributed by atoms with van der Waals surface area (Å²) in [6, 6.07) is 11.1. The normalized spacial score (nSPS) is 13.2. The van der Waals surface area contributed by atoms with Crippen molar-refractivity contribution in [1.82, 2.24) is 24.8 Å². The predicted octanol–water partition coefficient (Wildman–Crippen LogP) is 7.50. The number of aromatic nitrogens is 4. The van der Waals surface area contributed by atoms with E-state index in [1.54, 1.807) is 23.2 Å². The van der Waals surface area contributed by atoms with Crippen molar-refractivity contribution in [2.24, 2.45) is 0 Å². The van der Waals surface area contributed by atoms with Crippen LogP contribution in [0.4, 0.5) is 10.5 Å². The van der Waals surface area contributed by atoms with E-state index in [1.165, 1.54) is 0 Å². The molecule has 0 N–H and O–H groups in total. The largest absolute Gasteiger partial charge is 0.444 e. The first-order valence-electron chi connectivity index (χ1n) is 11.3. The third kappa shape index (κ3) is 8.51. The number of anilines is 1. The Kier molecular flexibility index (Phi) is 11.3. The second-order valence-electron chi connectivity index (χ2n) is 9.15. The number of pyridine rings is 4. The second kappa shape index (κ2) is 13.5. The van der Waals surface area contributed by atoms with Crippen LogP contribution in [-0.4, -0.2) is 62.7 Å². The van der Waals surface area contributed by atoms with Gasteiger partial charge >= 0.3 is 6.09 Å². The fourth-order valence-corrected chi connectivity index (χ4v) is 4.32. The molecular formula is C27H33Cl2IN6O2. The summed E-state index contributed by atoms with van der Waals surface area (Å²) in [7, 11) is 0. The molecule has 0 atom stereocenters. The summed E-state index contributed by atoms with van der Waals surface area (Å²) in [4.78, 5) is 33.1. The summed E-state index contributed by atoms with van der Waals surface area (Å²) in [5, 5.41) is 0.961. The molecule has 4 aromatic rings. The quantitative estimate of drug-likeness (QED) is 0.153. The minimum absolute atomic E-state index is 0. The number of nitrogens with zero attached hydrogens (tertiary/aromatic N) is 6. The highest BCUT2D eigenvalue weighted by Crippen LogP contribution is 2.22. The Morgan fingerprint density at radius 3 is 1.92 bits per heavy atom. The molecule has 5 rings (SSSR count). The summed E-state index contributed by atoms with van der Waals surface area (Å²) < 4.78 is 6.49. The van der Waals surface area contributed by atoms with Crippen LogP contribution in [0.5, 0.6) is 0 Å². The van der Waals surface area contributed by atoms with E-state index in [4.69, 9.17) is 27.9 Å². The maximum atomic E-state index is 12.1. The number of hydrogen-bond donors (Lipinski definition) is 0. The first kappa shape index (κ1) is 31.7. The van der Waals surface area contributed by atoms with Crippen molar-refractivity contribution in [2.45, 2.75) is 41.2 Å². The lowest BCUT2D eigenvalue weighted by molar-refractivity contribution is 0.0240. The molecule has 204 valence electrons. The van der Waals surface area contributed by atoms with E-state index >= 15 is 0 Å². The molecule has 0 aromatic carbocycles. The number of carbonyl (C=O) groups excluding carboxylic acids is 1. The van der Waals surface area contributed by atoms with Gasteiger partial charge in [0.05, 0.1) is 34.0 Å². The van der Waals surface area contributed by atoms with Crippen molar-refractivity contribution in [1.29, 1.82) is 0 Å². The summed E-state index contributed by atoms with van der Waals surface area (Å²) in [5.74, 6) is 0. The molecule has 1 fully saturated rings. The number of amides is 1. The SMILES string of the molecule is C.C.CC(C)(C)OC(=O)N1CCN(c2cnc3ccc(Cl)nc3c2)CC1.Clc1ccc2ncc(I)cc2n1. The smallest absolute Gasteiger partial charge is 0.410 e. The molecule has 1 saturated heterocycles. The van der Waals surface area contributed by atoms with Gasteiger partial charge in [0, 0.05) is 35.9 Å². The molecule has 38 heavy (non-hydrogen) atoms. The number of rotatable bonds is 1. The first-order valence-corrected chi connectivity index (χ1v) is 13.1. The Hall–Kier alpha value is -2.50. The molecule has 0 spiro atoms. The molecule has 5 heterocycles. The van der Waals surface area contributed by atoms with Crippen molar-refractivity contribution in [3.63, 3.8) is 0 Å². The van der Waals surface area contributed by atoms with Crippen molar-refractivity contribution in [3.05, 3.63) is 62.7 Å². The van der Waals surface area contributed by atoms with Crippen LogP contribution in [-0.2, 0) is 4.74 Å². The van der Waals surface area contributed by atoms with Crippen LogP contribution < -0.4 is 4.90 Å². The summed E-state index contributed by atoms with van der Waals surface area (Å²) in [6.07, 6.45) is 3.38. The average molecular weight is 671 g/mol. The van der Waals surface area contributed by atoms with Gasteiger partial charge in [-0.25, -0.2) is 14.8 Å². The minimum Gasteiger partial charge on any atom is -0.444 e. The van der Waals surface area contributed by atoms with Gasteiger partial charge in [-0.05, 0) is 79.8 Å². The van der Waals surface area contributed by atoms with Gasteiger partial charge in [-0.2, -0.15) is 0 Å². The van der Waals surface area contributed by atoms with E-state index in [9.17, 15) is 4.79 Å². The Morgan fingerprint density at radius 2 is 1.37 bits per heavy atom. The van der Waals surface area contributed by atoms with Crippen molar-refractivity contribution >= 4 is 79.6 Å². The van der Waals surface area contributed by atoms with Crippen LogP contribution in [0.3, 0.4) is 0 Å². The van der Waals surface area contributed by atoms with Crippen LogP contribution >= 0.6 is 45.8 Å². The van der Waals surface area contributed by atoms with Crippen LogP contribution in [0, 0.1) is 3.57 Å². The van der Waals surface area contributed by atoms with Gasteiger partial charge < -0.3 is 14.5 Å². The summed E-state index contributed by atoms with van der Waals surface area (Å²) >= 11 is 13.9. The lowest BCUT2D eigenvalue weighted by Gasteiger charge is -2.36. The number of halogens is 3. The first-order chi connectivity index (χ1) is 17.1. The van der Waals surface area contributed by atoms with E-state index < -0.39 is 5.60 Å². The van der Waals surface area contributed by atoms with E-state index in [1.807, 2.05) is 51.2 Å². The zero-order valence-corrected chi connectivity index (χ0v) is 23.8. The molecule has 11 heteroatoms. The lowest BCUT2D eigenvalue weighted by atomic mass is 10.2. The standard InChI is InChI=1S/C17H21ClN4O2.C8H4ClIN2.2CH4/c1-17(2,3)24-16(23)22-8-6-21(7-9-22)12-10-14-13(19-11-12)4-5-15(18)20-14;9-8-2-1-6-7(12-8)3-5(10)4-11-6;;/h4-5,10-11H,6-9H2,1-3H3;1-4H;2*1H4. The predicted molar refractivity (Wildman–Crippen MR) is 165 cm³/mol. The van der Waals surface area contributed by atoms with E-state index in [0.717, 1.165) is 44.4 Å². The Balaban J connectivity index is 0.000000306. The molecule has 0 bridgehead atoms. The van der Waals surface area contributed by atoms with Crippen LogP contribution in [0.15, 0.2) is 48.8 Å². The lowest BCUT2D eigenvalue weighted by Crippen LogP contribution is -2.50. The summed E-state index contributed by atoms with van der Waals surface area (Å²) in [6.45, 7) is 8.33. The highest BCUT2D eigenvalue weighted by Gasteiger charge is 2.26. The van der Waals surface area contributed by atoms with Gasteiger partial charge in [0.15, 0.2) is 0 Å². The van der Waals surface area contributed by atoms with E-state index in [2.05, 4.69) is 47.4 Å². The average Bonchev–Trinajstić information content (AvgIpc) is 2.83. The molecule has 1 aliphatic heterocycles. The van der Waals surface area contributed by atoms with Gasteiger partial charge in [-0.1, -0.05) is 38.1 Å². The fraction of sp³-hybridized carbons (Fsp3) is 0.370. The van der Waals surface area contributed by atoms with Crippen molar-refractivity contribution in [2.75, 3.05) is 31.1 Å². The zero-order chi connectivity index (χ0) is 25.9. The van der Waals surface area contributed by atoms with E-state index in [-0.39, 0.29) is 20.9 Å². The highest BCUT2D eigenvalue weighted by atomic mass is 127. The monoisotopic (exact) mass is 670 g/mol. The van der Waals surface area contributed by atoms with Crippen LogP contribution in [0.1, 0.15) is 35.6 Å². The van der Waals surface area contributed by atoms with Crippen molar-refractivity contribution < 1.29 is 9.53 Å². The van der Waals surface area contributed by atoms with Gasteiger partial charge in [-0.3, -0.25) is 9.97 Å². The Labute approximate surface area is 247 Å². The molecule has 4 aromatic heterocycles. The van der Waals surface area contributed by atoms with E-state index in [0.29, 0.717) is 23.4 Å². The van der Waals surface area contributed by atoms with Gasteiger partial charge in [0.25, 0.3) is 0 Å². The molecule has 0 aliphatic carbocycles. The highest BCUT2D eigenvalue weighted by molar-refractivity contribution is 14.1. The molecule has 1 aliphatic rings. The molecular weight excluding hydrogens is 638 g/mol. The molecule has 1 amide bonds. The maximum absolute atomic E-state index is 12.1. The number of ether oxygens (including phenoxy) is 1. The fourth-order valence-electron chi connectivity index (χ4n) is 3.57. The van der Waals surface area contributed by atoms with Crippen molar-refractivity contribution in [3.8, 4) is 0 Å². The zero-order valence-electron chi connectivity index (χ0n) is 20.1. The topological polar surface area (TPSA) is 84.3 Å². The van der Waals surface area contributed by atoms with Gasteiger partial charge in [0.2, 0.25) is 0 Å². The maximum Gasteiger partial charge on any atom is 0.410 e. The Morgan fingerprint density at radius 1 is 0.842 bits per heavy atom. The Bertz CT molecular complexity index is 1350. The second-order valence-corrected chi connectivity index (χ2v) is 11.2. The van der Waals surface area contributed by atoms with Gasteiger partial charge in [-0.15, -0.1) is 0 Å². The summed E-state index contributed by atoms with van der Waals surface area (Å²) in [5.41, 5.74) is 3.82. The number of fused-ring (bicyclic) bond motifs is 2. The molecule has 0 saturated carbocycles. The molecule has 0 radical (unpaired) electrons. The third-order valence-corrected chi connectivity index (χ3v) is 6.27.